The fourth-order valence-electron chi connectivity index (χ4n) is 4.00. The lowest BCUT2D eigenvalue weighted by atomic mass is 10.0. The van der Waals surface area contributed by atoms with Gasteiger partial charge in [-0.3, -0.25) is 0 Å². The monoisotopic (exact) mass is 438 g/mol. The Balaban J connectivity index is 1.72. The Morgan fingerprint density at radius 1 is 1.25 bits per heavy atom. The lowest BCUT2D eigenvalue weighted by Crippen LogP contribution is -2.20. The number of aliphatic hydroxyl groups is 1. The van der Waals surface area contributed by atoms with Crippen molar-refractivity contribution in [3.8, 4) is 23.1 Å². The summed E-state index contributed by atoms with van der Waals surface area (Å²) in [6.07, 6.45) is 6.28. The Kier molecular flexibility index (Phi) is 6.70. The molecular weight excluding hydrogens is 411 g/mol. The number of nitrogens with zero attached hydrogens (tertiary/aromatic N) is 3. The molecule has 3 N–H and O–H groups in total. The fourth-order valence-corrected chi connectivity index (χ4v) is 4.00. The molecule has 168 valence electrons. The summed E-state index contributed by atoms with van der Waals surface area (Å²) in [4.78, 5) is 7.86. The second kappa shape index (κ2) is 9.65. The van der Waals surface area contributed by atoms with E-state index in [0.29, 0.717) is 44.8 Å². The molecule has 7 nitrogen and oxygen atoms in total. The molecule has 2 heterocycles. The van der Waals surface area contributed by atoms with E-state index in [2.05, 4.69) is 21.8 Å². The van der Waals surface area contributed by atoms with Crippen LogP contribution in [-0.2, 0) is 16.0 Å². The van der Waals surface area contributed by atoms with Gasteiger partial charge in [0.05, 0.1) is 26.0 Å². The third kappa shape index (κ3) is 4.91. The zero-order valence-electron chi connectivity index (χ0n) is 18.1. The fraction of sp³-hybridized carbons (Fsp3) is 0.417. The van der Waals surface area contributed by atoms with Crippen molar-refractivity contribution in [1.82, 2.24) is 14.5 Å². The molecule has 0 saturated heterocycles. The van der Waals surface area contributed by atoms with Gasteiger partial charge in [-0.1, -0.05) is 11.8 Å². The minimum atomic E-state index is -0.920. The highest BCUT2D eigenvalue weighted by molar-refractivity contribution is 5.96. The Hall–Kier alpha value is -2.99. The minimum Gasteiger partial charge on any atom is -0.382 e. The van der Waals surface area contributed by atoms with Crippen LogP contribution in [0.5, 0.6) is 0 Å². The molecule has 1 fully saturated rings. The molecule has 0 atom stereocenters. The van der Waals surface area contributed by atoms with Crippen LogP contribution in [0.1, 0.15) is 31.2 Å². The molecule has 1 aromatic carbocycles. The molecule has 1 aliphatic rings. The number of nitrogens with two attached hydrogens (primary N) is 1. The summed E-state index contributed by atoms with van der Waals surface area (Å²) >= 11 is 0. The van der Waals surface area contributed by atoms with E-state index in [1.807, 2.05) is 29.0 Å². The lowest BCUT2D eigenvalue weighted by Gasteiger charge is -2.12. The number of hydrogen-bond acceptors (Lipinski definition) is 6. The van der Waals surface area contributed by atoms with Crippen LogP contribution in [0.15, 0.2) is 30.6 Å². The first-order chi connectivity index (χ1) is 15.5. The molecule has 2 aromatic heterocycles. The number of hydrogen-bond donors (Lipinski definition) is 2. The summed E-state index contributed by atoms with van der Waals surface area (Å²) in [5.41, 5.74) is 7.20. The number of halogens is 1. The van der Waals surface area contributed by atoms with Gasteiger partial charge in [0.15, 0.2) is 5.82 Å². The van der Waals surface area contributed by atoms with E-state index < -0.39 is 11.4 Å². The highest BCUT2D eigenvalue weighted by atomic mass is 19.1. The van der Waals surface area contributed by atoms with Gasteiger partial charge >= 0.3 is 0 Å². The Bertz CT molecular complexity index is 1160. The zero-order chi connectivity index (χ0) is 22.6. The van der Waals surface area contributed by atoms with E-state index in [0.717, 1.165) is 35.5 Å². The summed E-state index contributed by atoms with van der Waals surface area (Å²) in [5.74, 6) is 5.58. The number of aromatic nitrogens is 3. The molecule has 32 heavy (non-hydrogen) atoms. The number of methoxy groups -OCH3 is 1. The molecule has 0 aliphatic heterocycles. The van der Waals surface area contributed by atoms with Crippen LogP contribution >= 0.6 is 0 Å². The van der Waals surface area contributed by atoms with Gasteiger partial charge in [-0.15, -0.1) is 0 Å². The maximum Gasteiger partial charge on any atom is 0.220 e. The van der Waals surface area contributed by atoms with Gasteiger partial charge in [0, 0.05) is 41.9 Å². The van der Waals surface area contributed by atoms with Gasteiger partial charge in [-0.25, -0.2) is 14.4 Å². The summed E-state index contributed by atoms with van der Waals surface area (Å²) < 4.78 is 27.2. The molecule has 0 amide bonds. The SMILES string of the molecule is COCCOCCn1cc(-c2nc(N)ncc2F)c2cc(C#CC3(O)CCCC3)ccc21. The molecule has 0 radical (unpaired) electrons. The van der Waals surface area contributed by atoms with Crippen molar-refractivity contribution in [2.75, 3.05) is 32.7 Å². The van der Waals surface area contributed by atoms with Crippen LogP contribution in [0, 0.1) is 17.7 Å². The normalized spacial score (nSPS) is 15.1. The van der Waals surface area contributed by atoms with Crippen molar-refractivity contribution in [2.24, 2.45) is 0 Å². The van der Waals surface area contributed by atoms with Gasteiger partial charge < -0.3 is 24.9 Å². The molecule has 1 saturated carbocycles. The average molecular weight is 439 g/mol. The number of fused-ring (bicyclic) bond motifs is 1. The third-order valence-corrected chi connectivity index (χ3v) is 5.68. The Morgan fingerprint density at radius 2 is 2.06 bits per heavy atom. The average Bonchev–Trinajstić information content (AvgIpc) is 3.38. The van der Waals surface area contributed by atoms with E-state index >= 15 is 0 Å². The predicted octanol–water partition coefficient (Wildman–Crippen LogP) is 3.14. The smallest absolute Gasteiger partial charge is 0.220 e. The third-order valence-electron chi connectivity index (χ3n) is 5.68. The molecule has 0 spiro atoms. The second-order valence-corrected chi connectivity index (χ2v) is 7.99. The molecule has 1 aliphatic carbocycles. The Labute approximate surface area is 186 Å². The maximum atomic E-state index is 14.6. The molecule has 3 aromatic rings. The number of rotatable bonds is 7. The first-order valence-corrected chi connectivity index (χ1v) is 10.7. The molecular formula is C24H27FN4O3. The lowest BCUT2D eigenvalue weighted by molar-refractivity contribution is 0.0670. The highest BCUT2D eigenvalue weighted by Gasteiger charge is 2.28. The van der Waals surface area contributed by atoms with Gasteiger partial charge in [0.1, 0.15) is 11.3 Å². The predicted molar refractivity (Wildman–Crippen MR) is 120 cm³/mol. The first kappa shape index (κ1) is 22.2. The summed E-state index contributed by atoms with van der Waals surface area (Å²) in [5, 5.41) is 11.3. The summed E-state index contributed by atoms with van der Waals surface area (Å²) in [7, 11) is 1.63. The van der Waals surface area contributed by atoms with Crippen molar-refractivity contribution in [3.05, 3.63) is 42.0 Å². The van der Waals surface area contributed by atoms with E-state index in [9.17, 15) is 9.50 Å². The Morgan fingerprint density at radius 3 is 2.84 bits per heavy atom. The largest absolute Gasteiger partial charge is 0.382 e. The van der Waals surface area contributed by atoms with Gasteiger partial charge in [0.25, 0.3) is 0 Å². The van der Waals surface area contributed by atoms with Crippen LogP contribution in [0.3, 0.4) is 0 Å². The van der Waals surface area contributed by atoms with Crippen LogP contribution in [0.2, 0.25) is 0 Å². The van der Waals surface area contributed by atoms with Gasteiger partial charge in [-0.05, 0) is 43.9 Å². The van der Waals surface area contributed by atoms with Crippen molar-refractivity contribution in [3.63, 3.8) is 0 Å². The second-order valence-electron chi connectivity index (χ2n) is 7.99. The first-order valence-electron chi connectivity index (χ1n) is 10.7. The number of ether oxygens (including phenoxy) is 2. The minimum absolute atomic E-state index is 0.00426. The van der Waals surface area contributed by atoms with Gasteiger partial charge in [-0.2, -0.15) is 0 Å². The number of nitrogen functional groups attached to an aromatic ring is 1. The van der Waals surface area contributed by atoms with Crippen molar-refractivity contribution < 1.29 is 19.0 Å². The molecule has 0 unspecified atom stereocenters. The van der Waals surface area contributed by atoms with Crippen molar-refractivity contribution in [2.45, 2.75) is 37.8 Å². The van der Waals surface area contributed by atoms with Crippen molar-refractivity contribution >= 4 is 16.9 Å². The summed E-state index contributed by atoms with van der Waals surface area (Å²) in [6.45, 7) is 2.09. The van der Waals surface area contributed by atoms with E-state index in [4.69, 9.17) is 15.2 Å². The quantitative estimate of drug-likeness (QED) is 0.435. The van der Waals surface area contributed by atoms with Crippen LogP contribution in [-0.4, -0.2) is 52.2 Å². The highest BCUT2D eigenvalue weighted by Crippen LogP contribution is 2.32. The number of anilines is 1. The van der Waals surface area contributed by atoms with Crippen molar-refractivity contribution in [1.29, 1.82) is 0 Å². The van der Waals surface area contributed by atoms with Crippen LogP contribution in [0.4, 0.5) is 10.3 Å². The van der Waals surface area contributed by atoms with Crippen LogP contribution < -0.4 is 5.73 Å². The summed E-state index contributed by atoms with van der Waals surface area (Å²) in [6, 6.07) is 5.75. The molecule has 0 bridgehead atoms. The standard InChI is InChI=1S/C24H27FN4O3/c1-31-12-13-32-11-10-29-16-19(22-20(25)15-27-23(26)28-22)18-14-17(4-5-21(18)29)6-9-24(30)7-2-3-8-24/h4-5,14-16,30H,2-3,7-8,10-13H2,1H3,(H2,26,27,28). The van der Waals surface area contributed by atoms with E-state index in [1.165, 1.54) is 0 Å². The zero-order valence-corrected chi connectivity index (χ0v) is 18.1. The molecule has 8 heteroatoms. The number of benzene rings is 1. The van der Waals surface area contributed by atoms with Crippen LogP contribution in [0.25, 0.3) is 22.2 Å². The topological polar surface area (TPSA) is 95.4 Å². The van der Waals surface area contributed by atoms with E-state index in [-0.39, 0.29) is 11.6 Å². The molecule has 4 rings (SSSR count). The maximum absolute atomic E-state index is 14.6. The van der Waals surface area contributed by atoms with E-state index in [1.54, 1.807) is 7.11 Å². The van der Waals surface area contributed by atoms with Gasteiger partial charge in [0.2, 0.25) is 5.95 Å².